The van der Waals surface area contributed by atoms with Crippen LogP contribution in [0, 0.1) is 0 Å². The molecule has 0 saturated heterocycles. The Morgan fingerprint density at radius 1 is 0.737 bits per heavy atom. The third-order valence-corrected chi connectivity index (χ3v) is 7.48. The molecule has 0 rings (SSSR count). The molecule has 0 aliphatic heterocycles. The zero-order valence-electron chi connectivity index (χ0n) is 26.1. The minimum absolute atomic E-state index is 0. The number of carbonyl (C=O) groups excluding carboxylic acids is 1. The molecule has 0 aliphatic rings. The van der Waals surface area contributed by atoms with Crippen molar-refractivity contribution in [1.29, 1.82) is 0 Å². The van der Waals surface area contributed by atoms with Gasteiger partial charge in [-0.05, 0) is 38.5 Å². The van der Waals surface area contributed by atoms with Gasteiger partial charge in [0.15, 0.2) is 0 Å². The van der Waals surface area contributed by atoms with Crippen molar-refractivity contribution in [3.63, 3.8) is 0 Å². The van der Waals surface area contributed by atoms with Gasteiger partial charge < -0.3 is 10.7 Å². The van der Waals surface area contributed by atoms with Crippen molar-refractivity contribution >= 4 is 16.4 Å². The predicted molar refractivity (Wildman–Crippen MR) is 155 cm³/mol. The molecule has 0 heterocycles. The molecule has 0 aromatic heterocycles. The van der Waals surface area contributed by atoms with Crippen molar-refractivity contribution in [3.05, 3.63) is 12.2 Å². The van der Waals surface area contributed by atoms with Crippen molar-refractivity contribution in [1.82, 2.24) is 0 Å². The number of hydrogen-bond acceptors (Lipinski definition) is 6. The zero-order chi connectivity index (χ0) is 27.5. The maximum atomic E-state index is 11.8. The normalized spacial score (nSPS) is 12.5. The molecule has 0 bridgehead atoms. The fraction of sp³-hybridized carbons (Fsp3) is 0.900. The van der Waals surface area contributed by atoms with Crippen LogP contribution in [0.2, 0.25) is 0 Å². The molecular weight excluding hydrogens is 511 g/mol. The molecule has 6 nitrogen and oxygen atoms in total. The number of carbonyl (C=O) groups is 1. The van der Waals surface area contributed by atoms with E-state index in [4.69, 9.17) is 4.18 Å². The summed E-state index contributed by atoms with van der Waals surface area (Å²) in [7, 11) is -4.24. The average Bonchev–Trinajstić information content (AvgIpc) is 2.86. The van der Waals surface area contributed by atoms with Crippen LogP contribution in [0.1, 0.15) is 163 Å². The Bertz CT molecular complexity index is 645. The van der Waals surface area contributed by atoms with Crippen LogP contribution >= 0.6 is 0 Å². The van der Waals surface area contributed by atoms with Crippen molar-refractivity contribution in [2.75, 3.05) is 6.61 Å². The largest absolute Gasteiger partial charge is 1.00 e. The van der Waals surface area contributed by atoms with E-state index in [9.17, 15) is 18.3 Å². The molecule has 8 heteroatoms. The molecule has 222 valence electrons. The fourth-order valence-corrected chi connectivity index (χ4v) is 4.97. The van der Waals surface area contributed by atoms with Crippen molar-refractivity contribution < 1.29 is 57.7 Å². The summed E-state index contributed by atoms with van der Waals surface area (Å²) < 4.78 is 32.9. The van der Waals surface area contributed by atoms with Gasteiger partial charge in [0.2, 0.25) is 0 Å². The predicted octanol–water partition coefficient (Wildman–Crippen LogP) is 5.84. The second-order valence-electron chi connectivity index (χ2n) is 10.4. The van der Waals surface area contributed by atoms with Crippen LogP contribution in [0.4, 0.5) is 0 Å². The molecule has 0 unspecified atom stereocenters. The van der Waals surface area contributed by atoms with E-state index in [0.29, 0.717) is 12.8 Å². The third-order valence-electron chi connectivity index (χ3n) is 6.64. The van der Waals surface area contributed by atoms with Crippen LogP contribution in [-0.2, 0) is 23.6 Å². The van der Waals surface area contributed by atoms with E-state index in [0.717, 1.165) is 64.2 Å². The van der Waals surface area contributed by atoms with E-state index in [2.05, 4.69) is 30.2 Å². The molecule has 0 aliphatic carbocycles. The van der Waals surface area contributed by atoms with Crippen LogP contribution < -0.4 is 29.6 Å². The maximum Gasteiger partial charge on any atom is 1.00 e. The van der Waals surface area contributed by atoms with Crippen molar-refractivity contribution in [3.8, 4) is 0 Å². The topological polar surface area (TPSA) is 89.9 Å². The van der Waals surface area contributed by atoms with Gasteiger partial charge in [-0.25, -0.2) is 4.18 Å². The van der Waals surface area contributed by atoms with Crippen LogP contribution in [0.5, 0.6) is 0 Å². The molecule has 0 spiro atoms. The van der Waals surface area contributed by atoms with Gasteiger partial charge >= 0.3 is 45.9 Å². The summed E-state index contributed by atoms with van der Waals surface area (Å²) in [6.07, 6.45) is 27.7. The number of rotatable bonds is 28. The molecule has 0 aromatic carbocycles. The Labute approximate surface area is 259 Å². The summed E-state index contributed by atoms with van der Waals surface area (Å²) in [4.78, 5) is 11.8. The number of unbranched alkanes of at least 4 members (excludes halogenated alkanes) is 17. The Morgan fingerprint density at radius 3 is 1.84 bits per heavy atom. The van der Waals surface area contributed by atoms with Crippen molar-refractivity contribution in [2.24, 2.45) is 0 Å². The Morgan fingerprint density at radius 2 is 1.24 bits per heavy atom. The first-order valence-electron chi connectivity index (χ1n) is 15.4. The molecule has 1 N–H and O–H groups in total. The second-order valence-corrected chi connectivity index (χ2v) is 11.6. The molecular formula is C30H59NaO6S. The number of hydrogen-bond donors (Lipinski definition) is 1. The number of aliphatic hydroxyl groups excluding tert-OH is 1. The summed E-state index contributed by atoms with van der Waals surface area (Å²) in [6.45, 7) is 4.48. The van der Waals surface area contributed by atoms with Crippen molar-refractivity contribution in [2.45, 2.75) is 168 Å². The molecule has 0 fully saturated rings. The fourth-order valence-electron chi connectivity index (χ4n) is 4.29. The first kappa shape index (κ1) is 40.2. The Kier molecular flexibility index (Phi) is 31.8. The Balaban J connectivity index is -0.00000648. The van der Waals surface area contributed by atoms with E-state index in [1.54, 1.807) is 0 Å². The standard InChI is InChI=1S/C30H58O6S.Na.H/c1-3-5-7-9-10-11-14-17-20-24-28-35-37(33,34)36-30(32)27-23-19-16-13-12-15-18-22-26-29(31)25-21-8-6-4-2;;/h18,22,29,31H,3-17,19-21,23-28H2,1-2H3;;/q;+1;-1/b22-18-;;/t29-;;/m1../s1. The molecule has 0 amide bonds. The van der Waals surface area contributed by atoms with E-state index < -0.39 is 16.4 Å². The minimum atomic E-state index is -4.24. The summed E-state index contributed by atoms with van der Waals surface area (Å²) in [5, 5.41) is 9.95. The van der Waals surface area contributed by atoms with Crippen LogP contribution in [0.25, 0.3) is 0 Å². The van der Waals surface area contributed by atoms with Gasteiger partial charge in [0, 0.05) is 6.42 Å². The summed E-state index contributed by atoms with van der Waals surface area (Å²) in [5.41, 5.74) is 0. The van der Waals surface area contributed by atoms with Gasteiger partial charge in [-0.2, -0.15) is 8.42 Å². The molecule has 0 radical (unpaired) electrons. The van der Waals surface area contributed by atoms with Crippen LogP contribution in [-0.4, -0.2) is 32.2 Å². The SMILES string of the molecule is CCCCCCCCCCCCOS(=O)(=O)OC(=O)CCCCCCC/C=C\C[C@H](O)CCCCCC.[H-].[Na+]. The van der Waals surface area contributed by atoms with E-state index in [-0.39, 0.29) is 50.1 Å². The Hall–Kier alpha value is 0.0800. The van der Waals surface area contributed by atoms with Gasteiger partial charge in [-0.3, -0.25) is 4.79 Å². The van der Waals surface area contributed by atoms with E-state index in [1.807, 2.05) is 0 Å². The first-order chi connectivity index (χ1) is 17.9. The van der Waals surface area contributed by atoms with Gasteiger partial charge in [0.25, 0.3) is 0 Å². The van der Waals surface area contributed by atoms with E-state index >= 15 is 0 Å². The second kappa shape index (κ2) is 30.0. The number of aliphatic hydroxyl groups is 1. The van der Waals surface area contributed by atoms with Crippen LogP contribution in [0.15, 0.2) is 12.2 Å². The summed E-state index contributed by atoms with van der Waals surface area (Å²) >= 11 is 0. The minimum Gasteiger partial charge on any atom is -1.00 e. The van der Waals surface area contributed by atoms with Gasteiger partial charge in [-0.1, -0.05) is 129 Å². The maximum absolute atomic E-state index is 11.8. The van der Waals surface area contributed by atoms with Gasteiger partial charge in [0.1, 0.15) is 0 Å². The smallest absolute Gasteiger partial charge is 1.00 e. The summed E-state index contributed by atoms with van der Waals surface area (Å²) in [5.74, 6) is -0.737. The average molecular weight is 571 g/mol. The molecule has 1 atom stereocenters. The van der Waals surface area contributed by atoms with Gasteiger partial charge in [-0.15, -0.1) is 0 Å². The molecule has 38 heavy (non-hydrogen) atoms. The zero-order valence-corrected chi connectivity index (χ0v) is 27.9. The first-order valence-corrected chi connectivity index (χ1v) is 16.7. The van der Waals surface area contributed by atoms with E-state index in [1.165, 1.54) is 64.2 Å². The monoisotopic (exact) mass is 570 g/mol. The number of allylic oxidation sites excluding steroid dienone is 1. The summed E-state index contributed by atoms with van der Waals surface area (Å²) in [6, 6.07) is 0. The quantitative estimate of drug-likeness (QED) is 0.0723. The van der Waals surface area contributed by atoms with Gasteiger partial charge in [0.05, 0.1) is 12.7 Å². The molecule has 0 saturated carbocycles. The van der Waals surface area contributed by atoms with Crippen LogP contribution in [0.3, 0.4) is 0 Å². The third kappa shape index (κ3) is 30.6. The molecule has 0 aromatic rings.